The minimum Gasteiger partial charge on any atom is -0.493 e. The molecule has 2 heterocycles. The molecule has 0 saturated carbocycles. The molecule has 9 nitrogen and oxygen atoms in total. The Morgan fingerprint density at radius 1 is 1.05 bits per heavy atom. The van der Waals surface area contributed by atoms with Crippen LogP contribution in [0.25, 0.3) is 0 Å². The SMILES string of the molecule is CCCc1cc(C(OCOC)(C(F)(F)F)C(F)(F)F)ccc1OCCCCN1C(=O)NC(C)(c2ccc3c(c2)OCO3)C1O. The first kappa shape index (κ1) is 33.5. The van der Waals surface area contributed by atoms with Gasteiger partial charge in [0, 0.05) is 19.2 Å². The maximum atomic E-state index is 14.0. The fraction of sp³-hybridized carbons (Fsp3) is 0.552. The van der Waals surface area contributed by atoms with Crippen molar-refractivity contribution in [2.24, 2.45) is 0 Å². The summed E-state index contributed by atoms with van der Waals surface area (Å²) >= 11 is 0. The number of aliphatic hydroxyl groups excluding tert-OH is 1. The highest BCUT2D eigenvalue weighted by atomic mass is 19.4. The van der Waals surface area contributed by atoms with Crippen molar-refractivity contribution in [2.75, 3.05) is 33.8 Å². The minimum atomic E-state index is -5.83. The highest BCUT2D eigenvalue weighted by molar-refractivity contribution is 5.79. The fourth-order valence-electron chi connectivity index (χ4n) is 5.30. The maximum absolute atomic E-state index is 14.0. The summed E-state index contributed by atoms with van der Waals surface area (Å²) in [6.45, 7) is 2.47. The molecule has 0 aliphatic carbocycles. The van der Waals surface area contributed by atoms with E-state index in [1.807, 2.05) is 0 Å². The van der Waals surface area contributed by atoms with Crippen LogP contribution in [-0.2, 0) is 27.0 Å². The molecule has 2 aromatic rings. The van der Waals surface area contributed by atoms with E-state index < -0.39 is 48.1 Å². The molecule has 4 rings (SSSR count). The number of rotatable bonds is 13. The average molecular weight is 637 g/mol. The Hall–Kier alpha value is -3.43. The van der Waals surface area contributed by atoms with Gasteiger partial charge in [-0.15, -0.1) is 0 Å². The highest BCUT2D eigenvalue weighted by Gasteiger charge is 2.73. The van der Waals surface area contributed by atoms with Gasteiger partial charge in [0.2, 0.25) is 6.79 Å². The van der Waals surface area contributed by atoms with Crippen LogP contribution in [0.1, 0.15) is 49.8 Å². The molecule has 1 saturated heterocycles. The van der Waals surface area contributed by atoms with Gasteiger partial charge in [-0.2, -0.15) is 26.3 Å². The number of aryl methyl sites for hydroxylation is 1. The summed E-state index contributed by atoms with van der Waals surface area (Å²) < 4.78 is 109. The lowest BCUT2D eigenvalue weighted by molar-refractivity contribution is -0.400. The van der Waals surface area contributed by atoms with Gasteiger partial charge in [0.15, 0.2) is 17.7 Å². The molecular formula is C29H34F6N2O7. The summed E-state index contributed by atoms with van der Waals surface area (Å²) in [7, 11) is 0.922. The lowest BCUT2D eigenvalue weighted by atomic mass is 9.89. The number of hydrogen-bond donors (Lipinski definition) is 2. The van der Waals surface area contributed by atoms with Crippen LogP contribution in [0.15, 0.2) is 36.4 Å². The van der Waals surface area contributed by atoms with Crippen LogP contribution >= 0.6 is 0 Å². The van der Waals surface area contributed by atoms with Crippen LogP contribution < -0.4 is 19.5 Å². The van der Waals surface area contributed by atoms with E-state index in [2.05, 4.69) is 14.8 Å². The molecule has 2 aliphatic rings. The zero-order valence-corrected chi connectivity index (χ0v) is 24.3. The summed E-state index contributed by atoms with van der Waals surface area (Å²) in [5.41, 5.74) is -6.08. The molecular weight excluding hydrogens is 602 g/mol. The van der Waals surface area contributed by atoms with Gasteiger partial charge >= 0.3 is 18.4 Å². The Kier molecular flexibility index (Phi) is 9.81. The molecule has 0 spiro atoms. The predicted octanol–water partition coefficient (Wildman–Crippen LogP) is 5.73. The first-order valence-corrected chi connectivity index (χ1v) is 13.9. The van der Waals surface area contributed by atoms with Crippen LogP contribution in [0, 0.1) is 0 Å². The van der Waals surface area contributed by atoms with Crippen LogP contribution in [0.3, 0.4) is 0 Å². The summed E-state index contributed by atoms with van der Waals surface area (Å²) in [5.74, 6) is 1.19. The fourth-order valence-corrected chi connectivity index (χ4v) is 5.30. The molecule has 15 heteroatoms. The number of fused-ring (bicyclic) bond motifs is 1. The van der Waals surface area contributed by atoms with Crippen molar-refractivity contribution in [1.29, 1.82) is 0 Å². The molecule has 2 amide bonds. The van der Waals surface area contributed by atoms with Gasteiger partial charge in [-0.1, -0.05) is 25.5 Å². The maximum Gasteiger partial charge on any atom is 0.430 e. The average Bonchev–Trinajstić information content (AvgIpc) is 3.50. The van der Waals surface area contributed by atoms with Crippen LogP contribution in [0.2, 0.25) is 0 Å². The number of hydrogen-bond acceptors (Lipinski definition) is 7. The highest BCUT2D eigenvalue weighted by Crippen LogP contribution is 2.53. The van der Waals surface area contributed by atoms with Gasteiger partial charge in [-0.25, -0.2) is 4.79 Å². The summed E-state index contributed by atoms with van der Waals surface area (Å²) in [5, 5.41) is 13.8. The van der Waals surface area contributed by atoms with Gasteiger partial charge in [-0.05, 0) is 61.6 Å². The molecule has 1 fully saturated rings. The molecule has 2 aromatic carbocycles. The van der Waals surface area contributed by atoms with E-state index in [4.69, 9.17) is 14.2 Å². The first-order valence-electron chi connectivity index (χ1n) is 13.9. The van der Waals surface area contributed by atoms with E-state index in [9.17, 15) is 36.2 Å². The van der Waals surface area contributed by atoms with Crippen molar-refractivity contribution in [2.45, 2.75) is 69.3 Å². The van der Waals surface area contributed by atoms with Crippen molar-refractivity contribution in [3.63, 3.8) is 0 Å². The predicted molar refractivity (Wildman–Crippen MR) is 143 cm³/mol. The number of carbonyl (C=O) groups excluding carboxylic acids is 1. The lowest BCUT2D eigenvalue weighted by Crippen LogP contribution is -2.56. The number of ether oxygens (including phenoxy) is 5. The molecule has 0 radical (unpaired) electrons. The largest absolute Gasteiger partial charge is 0.493 e. The number of methoxy groups -OCH3 is 1. The van der Waals surface area contributed by atoms with Gasteiger partial charge in [0.25, 0.3) is 5.60 Å². The van der Waals surface area contributed by atoms with E-state index in [0.717, 1.165) is 19.2 Å². The molecule has 2 N–H and O–H groups in total. The third-order valence-electron chi connectivity index (χ3n) is 7.64. The van der Waals surface area contributed by atoms with E-state index in [1.54, 1.807) is 32.0 Å². The van der Waals surface area contributed by atoms with Gasteiger partial charge in [0.1, 0.15) is 18.1 Å². The van der Waals surface area contributed by atoms with Gasteiger partial charge in [-0.3, -0.25) is 4.90 Å². The number of nitrogens with zero attached hydrogens (tertiary/aromatic N) is 1. The monoisotopic (exact) mass is 636 g/mol. The number of benzene rings is 2. The number of carbonyl (C=O) groups is 1. The Morgan fingerprint density at radius 3 is 2.41 bits per heavy atom. The number of halogens is 6. The van der Waals surface area contributed by atoms with Crippen LogP contribution in [-0.4, -0.2) is 68.5 Å². The number of unbranched alkanes of at least 4 members (excludes halogenated alkanes) is 1. The molecule has 2 atom stereocenters. The molecule has 244 valence electrons. The summed E-state index contributed by atoms with van der Waals surface area (Å²) in [6, 6.07) is 7.19. The molecule has 44 heavy (non-hydrogen) atoms. The first-order chi connectivity index (χ1) is 20.7. The minimum absolute atomic E-state index is 0.0604. The lowest BCUT2D eigenvalue weighted by Gasteiger charge is -2.37. The number of nitrogens with one attached hydrogen (secondary N) is 1. The molecule has 2 unspecified atom stereocenters. The quantitative estimate of drug-likeness (QED) is 0.165. The Bertz CT molecular complexity index is 1310. The molecule has 2 aliphatic heterocycles. The second-order valence-corrected chi connectivity index (χ2v) is 10.6. The van der Waals surface area contributed by atoms with E-state index in [1.165, 1.54) is 4.90 Å². The van der Waals surface area contributed by atoms with Crippen molar-refractivity contribution in [3.8, 4) is 17.2 Å². The van der Waals surface area contributed by atoms with Crippen molar-refractivity contribution >= 4 is 6.03 Å². The smallest absolute Gasteiger partial charge is 0.430 e. The Balaban J connectivity index is 1.41. The standard InChI is InChI=1S/C29H34F6N2O7/c1-4-7-18-14-20(27(28(30,31)32,29(33,34)35)44-16-40-3)9-10-21(18)41-13-6-5-12-37-24(38)26(2,36-25(37)39)19-8-11-22-23(15-19)43-17-42-22/h8-11,14-15,24,38H,4-7,12-13,16-17H2,1-3H3,(H,36,39). The second-order valence-electron chi connectivity index (χ2n) is 10.6. The normalized spacial score (nSPS) is 20.3. The zero-order chi connectivity index (χ0) is 32.3. The third kappa shape index (κ3) is 6.22. The molecule has 0 bridgehead atoms. The number of alkyl halides is 6. The van der Waals surface area contributed by atoms with Gasteiger partial charge in [0.05, 0.1) is 6.61 Å². The van der Waals surface area contributed by atoms with Crippen LogP contribution in [0.5, 0.6) is 17.2 Å². The summed E-state index contributed by atoms with van der Waals surface area (Å²) in [4.78, 5) is 14.0. The van der Waals surface area contributed by atoms with Crippen molar-refractivity contribution in [3.05, 3.63) is 53.1 Å². The number of amides is 2. The third-order valence-corrected chi connectivity index (χ3v) is 7.64. The number of urea groups is 1. The zero-order valence-electron chi connectivity index (χ0n) is 24.3. The number of aliphatic hydroxyl groups is 1. The Morgan fingerprint density at radius 2 is 1.75 bits per heavy atom. The van der Waals surface area contributed by atoms with E-state index >= 15 is 0 Å². The van der Waals surface area contributed by atoms with Crippen molar-refractivity contribution < 1.29 is 59.9 Å². The summed E-state index contributed by atoms with van der Waals surface area (Å²) in [6.07, 6.45) is -11.5. The van der Waals surface area contributed by atoms with Gasteiger partial charge < -0.3 is 34.1 Å². The molecule has 0 aromatic heterocycles. The van der Waals surface area contributed by atoms with Crippen LogP contribution in [0.4, 0.5) is 31.1 Å². The topological polar surface area (TPSA) is 98.7 Å². The second kappa shape index (κ2) is 12.9. The van der Waals surface area contributed by atoms with Crippen molar-refractivity contribution in [1.82, 2.24) is 10.2 Å². The van der Waals surface area contributed by atoms with E-state index in [0.29, 0.717) is 42.4 Å². The van der Waals surface area contributed by atoms with E-state index in [-0.39, 0.29) is 37.7 Å². The Labute approximate surface area is 250 Å².